The Kier molecular flexibility index (Phi) is 4.00. The average molecular weight is 218 g/mol. The maximum Gasteiger partial charge on any atom is 0.0608 e. The van der Waals surface area contributed by atoms with Gasteiger partial charge in [-0.1, -0.05) is 50.1 Å². The number of hydrogen-bond donors (Lipinski definition) is 1. The average Bonchev–Trinajstić information content (AvgIpc) is 2.30. The first-order valence-corrected chi connectivity index (χ1v) is 6.47. The summed E-state index contributed by atoms with van der Waals surface area (Å²) in [6, 6.07) is 10.3. The molecular weight excluding hydrogens is 196 g/mol. The fourth-order valence-electron chi connectivity index (χ4n) is 2.85. The number of aliphatic hydroxyl groups excluding tert-OH is 1. The van der Waals surface area contributed by atoms with Gasteiger partial charge in [0.25, 0.3) is 0 Å². The van der Waals surface area contributed by atoms with Crippen LogP contribution in [0, 0.1) is 11.8 Å². The molecule has 0 heterocycles. The molecule has 1 aromatic rings. The van der Waals surface area contributed by atoms with Gasteiger partial charge in [-0.3, -0.25) is 0 Å². The van der Waals surface area contributed by atoms with Gasteiger partial charge in [-0.2, -0.15) is 0 Å². The lowest BCUT2D eigenvalue weighted by atomic mass is 9.78. The Morgan fingerprint density at radius 1 is 1.25 bits per heavy atom. The van der Waals surface area contributed by atoms with Crippen LogP contribution in [0.25, 0.3) is 0 Å². The molecule has 1 nitrogen and oxygen atoms in total. The third kappa shape index (κ3) is 3.08. The molecule has 1 fully saturated rings. The van der Waals surface area contributed by atoms with Crippen LogP contribution in [0.15, 0.2) is 30.3 Å². The van der Waals surface area contributed by atoms with Gasteiger partial charge in [0.15, 0.2) is 0 Å². The Labute approximate surface area is 98.5 Å². The lowest BCUT2D eigenvalue weighted by Gasteiger charge is -2.30. The highest BCUT2D eigenvalue weighted by Crippen LogP contribution is 2.31. The van der Waals surface area contributed by atoms with Crippen molar-refractivity contribution in [1.29, 1.82) is 0 Å². The molecule has 0 spiro atoms. The van der Waals surface area contributed by atoms with Crippen LogP contribution in [-0.4, -0.2) is 11.2 Å². The van der Waals surface area contributed by atoms with Crippen molar-refractivity contribution in [3.63, 3.8) is 0 Å². The molecule has 16 heavy (non-hydrogen) atoms. The second-order valence-corrected chi connectivity index (χ2v) is 5.29. The molecule has 1 aliphatic rings. The molecule has 0 amide bonds. The van der Waals surface area contributed by atoms with Crippen molar-refractivity contribution in [2.24, 2.45) is 11.8 Å². The standard InChI is InChI=1S/C15H22O/c1-12-6-5-9-14(10-12)15(16)11-13-7-3-2-4-8-13/h2-4,7-8,12,14-16H,5-6,9-11H2,1H3. The summed E-state index contributed by atoms with van der Waals surface area (Å²) in [6.07, 6.45) is 5.71. The van der Waals surface area contributed by atoms with Gasteiger partial charge < -0.3 is 5.11 Å². The van der Waals surface area contributed by atoms with E-state index in [1.54, 1.807) is 0 Å². The third-order valence-corrected chi connectivity index (χ3v) is 3.81. The van der Waals surface area contributed by atoms with Crippen LogP contribution in [0.5, 0.6) is 0 Å². The molecule has 1 saturated carbocycles. The zero-order chi connectivity index (χ0) is 11.4. The predicted molar refractivity (Wildman–Crippen MR) is 67.3 cm³/mol. The van der Waals surface area contributed by atoms with Gasteiger partial charge >= 0.3 is 0 Å². The van der Waals surface area contributed by atoms with Crippen LogP contribution in [0.3, 0.4) is 0 Å². The van der Waals surface area contributed by atoms with E-state index in [9.17, 15) is 5.11 Å². The summed E-state index contributed by atoms with van der Waals surface area (Å²) in [5.41, 5.74) is 1.26. The van der Waals surface area contributed by atoms with Crippen molar-refractivity contribution in [1.82, 2.24) is 0 Å². The Hall–Kier alpha value is -0.820. The summed E-state index contributed by atoms with van der Waals surface area (Å²) in [6.45, 7) is 2.31. The van der Waals surface area contributed by atoms with Crippen molar-refractivity contribution in [2.45, 2.75) is 45.1 Å². The zero-order valence-electron chi connectivity index (χ0n) is 10.1. The highest BCUT2D eigenvalue weighted by molar-refractivity contribution is 5.15. The van der Waals surface area contributed by atoms with Crippen LogP contribution < -0.4 is 0 Å². The van der Waals surface area contributed by atoms with Gasteiger partial charge in [-0.25, -0.2) is 0 Å². The fourth-order valence-corrected chi connectivity index (χ4v) is 2.85. The zero-order valence-corrected chi connectivity index (χ0v) is 10.1. The smallest absolute Gasteiger partial charge is 0.0608 e. The van der Waals surface area contributed by atoms with Crippen LogP contribution in [0.2, 0.25) is 0 Å². The Balaban J connectivity index is 1.90. The monoisotopic (exact) mass is 218 g/mol. The van der Waals surface area contributed by atoms with E-state index in [1.165, 1.54) is 31.2 Å². The lowest BCUT2D eigenvalue weighted by Crippen LogP contribution is -2.27. The Morgan fingerprint density at radius 3 is 2.69 bits per heavy atom. The number of aliphatic hydroxyl groups is 1. The first-order valence-electron chi connectivity index (χ1n) is 6.47. The first-order chi connectivity index (χ1) is 7.75. The van der Waals surface area contributed by atoms with E-state index in [1.807, 2.05) is 18.2 Å². The number of hydrogen-bond acceptors (Lipinski definition) is 1. The minimum atomic E-state index is -0.148. The second kappa shape index (κ2) is 5.49. The van der Waals surface area contributed by atoms with Crippen LogP contribution in [0.1, 0.15) is 38.2 Å². The lowest BCUT2D eigenvalue weighted by molar-refractivity contribution is 0.0720. The maximum atomic E-state index is 10.2. The maximum absolute atomic E-state index is 10.2. The molecule has 2 rings (SSSR count). The van der Waals surface area contributed by atoms with Crippen LogP contribution in [0.4, 0.5) is 0 Å². The number of benzene rings is 1. The van der Waals surface area contributed by atoms with Gasteiger partial charge in [0, 0.05) is 0 Å². The van der Waals surface area contributed by atoms with E-state index in [4.69, 9.17) is 0 Å². The highest BCUT2D eigenvalue weighted by Gasteiger charge is 2.25. The molecular formula is C15H22O. The topological polar surface area (TPSA) is 20.2 Å². The molecule has 3 atom stereocenters. The molecule has 0 bridgehead atoms. The summed E-state index contributed by atoms with van der Waals surface area (Å²) in [7, 11) is 0. The van der Waals surface area contributed by atoms with Gasteiger partial charge in [-0.15, -0.1) is 0 Å². The van der Waals surface area contributed by atoms with E-state index < -0.39 is 0 Å². The molecule has 88 valence electrons. The van der Waals surface area contributed by atoms with Gasteiger partial charge in [0.05, 0.1) is 6.10 Å². The minimum Gasteiger partial charge on any atom is -0.392 e. The van der Waals surface area contributed by atoms with Crippen molar-refractivity contribution in [3.8, 4) is 0 Å². The molecule has 0 saturated heterocycles. The fraction of sp³-hybridized carbons (Fsp3) is 0.600. The van der Waals surface area contributed by atoms with Crippen molar-refractivity contribution in [2.75, 3.05) is 0 Å². The molecule has 0 aromatic heterocycles. The summed E-state index contributed by atoms with van der Waals surface area (Å²) in [5, 5.41) is 10.2. The van der Waals surface area contributed by atoms with Gasteiger partial charge in [0.1, 0.15) is 0 Å². The van der Waals surface area contributed by atoms with Crippen LogP contribution >= 0.6 is 0 Å². The predicted octanol–water partition coefficient (Wildman–Crippen LogP) is 3.42. The van der Waals surface area contributed by atoms with Crippen LogP contribution in [-0.2, 0) is 6.42 Å². The van der Waals surface area contributed by atoms with Crippen molar-refractivity contribution >= 4 is 0 Å². The molecule has 1 N–H and O–H groups in total. The van der Waals surface area contributed by atoms with Crippen molar-refractivity contribution in [3.05, 3.63) is 35.9 Å². The Bertz CT molecular complexity index is 306. The van der Waals surface area contributed by atoms with E-state index >= 15 is 0 Å². The Morgan fingerprint density at radius 2 is 2.00 bits per heavy atom. The molecule has 0 radical (unpaired) electrons. The quantitative estimate of drug-likeness (QED) is 0.824. The summed E-state index contributed by atoms with van der Waals surface area (Å²) in [5.74, 6) is 1.31. The summed E-state index contributed by atoms with van der Waals surface area (Å²) < 4.78 is 0. The molecule has 1 aromatic carbocycles. The largest absolute Gasteiger partial charge is 0.392 e. The van der Waals surface area contributed by atoms with E-state index in [2.05, 4.69) is 19.1 Å². The summed E-state index contributed by atoms with van der Waals surface area (Å²) in [4.78, 5) is 0. The van der Waals surface area contributed by atoms with Crippen molar-refractivity contribution < 1.29 is 5.11 Å². The van der Waals surface area contributed by atoms with Gasteiger partial charge in [0.2, 0.25) is 0 Å². The number of rotatable bonds is 3. The highest BCUT2D eigenvalue weighted by atomic mass is 16.3. The van der Waals surface area contributed by atoms with E-state index in [-0.39, 0.29) is 6.10 Å². The molecule has 1 heteroatoms. The van der Waals surface area contributed by atoms with E-state index in [0.29, 0.717) is 5.92 Å². The molecule has 0 aliphatic heterocycles. The minimum absolute atomic E-state index is 0.148. The third-order valence-electron chi connectivity index (χ3n) is 3.81. The normalized spacial score (nSPS) is 27.6. The second-order valence-electron chi connectivity index (χ2n) is 5.29. The van der Waals surface area contributed by atoms with Gasteiger partial charge in [-0.05, 0) is 36.7 Å². The molecule has 1 aliphatic carbocycles. The first kappa shape index (κ1) is 11.7. The van der Waals surface area contributed by atoms with E-state index in [0.717, 1.165) is 12.3 Å². The summed E-state index contributed by atoms with van der Waals surface area (Å²) >= 11 is 0. The SMILES string of the molecule is CC1CCCC(C(O)Cc2ccccc2)C1. The molecule has 3 unspecified atom stereocenters.